The molecule has 7 heteroatoms. The second-order valence-corrected chi connectivity index (χ2v) is 7.93. The summed E-state index contributed by atoms with van der Waals surface area (Å²) in [6.45, 7) is 4.98. The van der Waals surface area contributed by atoms with Crippen LogP contribution in [-0.4, -0.2) is 44.9 Å². The van der Waals surface area contributed by atoms with Gasteiger partial charge in [0.1, 0.15) is 23.0 Å². The molecule has 0 amide bonds. The van der Waals surface area contributed by atoms with Crippen molar-refractivity contribution in [3.63, 3.8) is 0 Å². The van der Waals surface area contributed by atoms with Crippen molar-refractivity contribution < 1.29 is 14.6 Å². The van der Waals surface area contributed by atoms with E-state index in [-0.39, 0.29) is 23.2 Å². The van der Waals surface area contributed by atoms with Crippen molar-refractivity contribution >= 4 is 16.7 Å². The van der Waals surface area contributed by atoms with Gasteiger partial charge in [0.15, 0.2) is 5.82 Å². The summed E-state index contributed by atoms with van der Waals surface area (Å²) >= 11 is 0. The number of nitrogens with zero attached hydrogens (tertiary/aromatic N) is 2. The topological polar surface area (TPSA) is 90.3 Å². The highest BCUT2D eigenvalue weighted by molar-refractivity contribution is 5.92. The zero-order valence-electron chi connectivity index (χ0n) is 16.8. The van der Waals surface area contributed by atoms with Crippen molar-refractivity contribution in [3.8, 4) is 29.0 Å². The summed E-state index contributed by atoms with van der Waals surface area (Å²) in [5.41, 5.74) is 0.407. The maximum Gasteiger partial charge on any atom is 0.165 e. The van der Waals surface area contributed by atoms with Gasteiger partial charge >= 0.3 is 0 Å². The van der Waals surface area contributed by atoms with E-state index in [1.54, 1.807) is 19.9 Å². The lowest BCUT2D eigenvalue weighted by molar-refractivity contribution is 0.143. The maximum absolute atomic E-state index is 13.8. The first-order chi connectivity index (χ1) is 14.3. The lowest BCUT2D eigenvalue weighted by atomic mass is 10.1. The number of hydrogen-bond acceptors (Lipinski definition) is 6. The molecule has 154 valence electrons. The molecule has 1 aliphatic heterocycles. The summed E-state index contributed by atoms with van der Waals surface area (Å²) in [7, 11) is 0. The molecule has 0 radical (unpaired) electrons. The fraction of sp³-hybridized carbons (Fsp3) is 0.304. The third-order valence-corrected chi connectivity index (χ3v) is 4.81. The molecule has 2 heterocycles. The standard InChI is InChI=1S/C23H23FN4O2/c1-23(2,30)9-7-14-3-5-17-19(11-14)27-22(18-12-15(24)4-6-20(18)29)28-21(17)26-16-8-10-25-13-16/h3-6,11-12,16,25,29-30H,8,10,13H2,1-2H3,(H,26,27,28)/t16-/m0/s1. The number of aliphatic hydroxyl groups is 1. The van der Waals surface area contributed by atoms with Crippen molar-refractivity contribution in [3.05, 3.63) is 47.8 Å². The number of phenolic OH excluding ortho intramolecular Hbond substituents is 1. The monoisotopic (exact) mass is 406 g/mol. The van der Waals surface area contributed by atoms with Crippen LogP contribution in [0.15, 0.2) is 36.4 Å². The number of fused-ring (bicyclic) bond motifs is 1. The molecule has 1 fully saturated rings. The average Bonchev–Trinajstić information content (AvgIpc) is 3.20. The summed E-state index contributed by atoms with van der Waals surface area (Å²) in [4.78, 5) is 9.16. The van der Waals surface area contributed by atoms with E-state index < -0.39 is 11.4 Å². The van der Waals surface area contributed by atoms with Crippen LogP contribution < -0.4 is 10.6 Å². The Balaban J connectivity index is 1.86. The molecule has 4 rings (SSSR count). The molecule has 0 bridgehead atoms. The van der Waals surface area contributed by atoms with Crippen LogP contribution in [0.3, 0.4) is 0 Å². The summed E-state index contributed by atoms with van der Waals surface area (Å²) in [5, 5.41) is 27.6. The van der Waals surface area contributed by atoms with Crippen LogP contribution in [0.1, 0.15) is 25.8 Å². The molecule has 1 saturated heterocycles. The van der Waals surface area contributed by atoms with Gasteiger partial charge in [0.2, 0.25) is 0 Å². The molecule has 3 aromatic rings. The molecule has 2 aromatic carbocycles. The first-order valence-corrected chi connectivity index (χ1v) is 9.82. The van der Waals surface area contributed by atoms with Gasteiger partial charge in [-0.15, -0.1) is 0 Å². The number of benzene rings is 2. The van der Waals surface area contributed by atoms with Crippen LogP contribution in [0.25, 0.3) is 22.3 Å². The fourth-order valence-electron chi connectivity index (χ4n) is 3.32. The Hall–Kier alpha value is -3.21. The van der Waals surface area contributed by atoms with Gasteiger partial charge in [0.05, 0.1) is 11.1 Å². The molecule has 0 spiro atoms. The summed E-state index contributed by atoms with van der Waals surface area (Å²) in [5.74, 6) is 6.00. The quantitative estimate of drug-likeness (QED) is 0.500. The smallest absolute Gasteiger partial charge is 0.165 e. The Morgan fingerprint density at radius 3 is 2.77 bits per heavy atom. The molecule has 1 aromatic heterocycles. The van der Waals surface area contributed by atoms with Crippen LogP contribution in [0.5, 0.6) is 5.75 Å². The highest BCUT2D eigenvalue weighted by Crippen LogP contribution is 2.31. The second-order valence-electron chi connectivity index (χ2n) is 7.93. The Bertz CT molecular complexity index is 1160. The van der Waals surface area contributed by atoms with Gasteiger partial charge in [-0.1, -0.05) is 11.8 Å². The molecule has 6 nitrogen and oxygen atoms in total. The molecule has 4 N–H and O–H groups in total. The predicted molar refractivity (Wildman–Crippen MR) is 115 cm³/mol. The zero-order valence-corrected chi connectivity index (χ0v) is 16.8. The third-order valence-electron chi connectivity index (χ3n) is 4.81. The van der Waals surface area contributed by atoms with E-state index in [4.69, 9.17) is 0 Å². The lowest BCUT2D eigenvalue weighted by Crippen LogP contribution is -2.23. The van der Waals surface area contributed by atoms with Crippen LogP contribution in [0.2, 0.25) is 0 Å². The number of anilines is 1. The van der Waals surface area contributed by atoms with Gasteiger partial charge in [0.25, 0.3) is 0 Å². The van der Waals surface area contributed by atoms with E-state index in [1.165, 1.54) is 18.2 Å². The molecular formula is C23H23FN4O2. The minimum Gasteiger partial charge on any atom is -0.507 e. The fourth-order valence-corrected chi connectivity index (χ4v) is 3.32. The summed E-state index contributed by atoms with van der Waals surface area (Å²) in [6.07, 6.45) is 0.960. The van der Waals surface area contributed by atoms with Crippen molar-refractivity contribution in [2.45, 2.75) is 31.9 Å². The van der Waals surface area contributed by atoms with Crippen LogP contribution in [-0.2, 0) is 0 Å². The SMILES string of the molecule is CC(C)(O)C#Cc1ccc2c(N[C@H]3CCNC3)nc(-c3cc(F)ccc3O)nc2c1. The second kappa shape index (κ2) is 7.90. The van der Waals surface area contributed by atoms with Crippen molar-refractivity contribution in [2.75, 3.05) is 18.4 Å². The van der Waals surface area contributed by atoms with Crippen molar-refractivity contribution in [1.29, 1.82) is 0 Å². The number of aromatic hydroxyl groups is 1. The predicted octanol–water partition coefficient (Wildman–Crippen LogP) is 3.04. The minimum absolute atomic E-state index is 0.0952. The number of rotatable bonds is 3. The number of aromatic nitrogens is 2. The zero-order chi connectivity index (χ0) is 21.3. The normalized spacial score (nSPS) is 16.3. The van der Waals surface area contributed by atoms with E-state index in [0.717, 1.165) is 24.9 Å². The van der Waals surface area contributed by atoms with Gasteiger partial charge in [-0.25, -0.2) is 14.4 Å². The molecule has 0 saturated carbocycles. The van der Waals surface area contributed by atoms with Crippen LogP contribution in [0.4, 0.5) is 10.2 Å². The average molecular weight is 406 g/mol. The Kier molecular flexibility index (Phi) is 5.29. The van der Waals surface area contributed by atoms with E-state index in [0.29, 0.717) is 16.9 Å². The van der Waals surface area contributed by atoms with Gasteiger partial charge in [-0.3, -0.25) is 0 Å². The Morgan fingerprint density at radius 1 is 1.20 bits per heavy atom. The van der Waals surface area contributed by atoms with E-state index in [9.17, 15) is 14.6 Å². The van der Waals surface area contributed by atoms with Crippen molar-refractivity contribution in [2.24, 2.45) is 0 Å². The first kappa shape index (κ1) is 20.1. The highest BCUT2D eigenvalue weighted by atomic mass is 19.1. The van der Waals surface area contributed by atoms with Crippen molar-refractivity contribution in [1.82, 2.24) is 15.3 Å². The minimum atomic E-state index is -1.11. The molecule has 1 atom stereocenters. The van der Waals surface area contributed by atoms with Gasteiger partial charge in [0, 0.05) is 23.5 Å². The van der Waals surface area contributed by atoms with Gasteiger partial charge < -0.3 is 20.8 Å². The summed E-state index contributed by atoms with van der Waals surface area (Å²) in [6, 6.07) is 9.44. The molecule has 0 unspecified atom stereocenters. The van der Waals surface area contributed by atoms with E-state index in [2.05, 4.69) is 32.4 Å². The third kappa shape index (κ3) is 4.51. The number of nitrogens with one attached hydrogen (secondary N) is 2. The summed E-state index contributed by atoms with van der Waals surface area (Å²) < 4.78 is 13.8. The molecule has 0 aliphatic carbocycles. The van der Waals surface area contributed by atoms with Gasteiger partial charge in [-0.2, -0.15) is 0 Å². The van der Waals surface area contributed by atoms with Gasteiger partial charge in [-0.05, 0) is 63.2 Å². The number of phenols is 1. The molecule has 30 heavy (non-hydrogen) atoms. The van der Waals surface area contributed by atoms with E-state index in [1.807, 2.05) is 12.1 Å². The number of halogens is 1. The number of hydrogen-bond donors (Lipinski definition) is 4. The van der Waals surface area contributed by atoms with Crippen LogP contribution >= 0.6 is 0 Å². The Morgan fingerprint density at radius 2 is 2.03 bits per heavy atom. The highest BCUT2D eigenvalue weighted by Gasteiger charge is 2.19. The largest absolute Gasteiger partial charge is 0.507 e. The molecular weight excluding hydrogens is 383 g/mol. The first-order valence-electron chi connectivity index (χ1n) is 9.82. The Labute approximate surface area is 174 Å². The maximum atomic E-state index is 13.8. The lowest BCUT2D eigenvalue weighted by Gasteiger charge is -2.16. The van der Waals surface area contributed by atoms with Crippen LogP contribution in [0, 0.1) is 17.7 Å². The molecule has 1 aliphatic rings. The van der Waals surface area contributed by atoms with E-state index >= 15 is 0 Å².